The molecule has 1 aliphatic rings. The van der Waals surface area contributed by atoms with Crippen molar-refractivity contribution in [1.82, 2.24) is 4.31 Å². The zero-order valence-electron chi connectivity index (χ0n) is 16.2. The van der Waals surface area contributed by atoms with Crippen LogP contribution in [0.4, 0.5) is 14.5 Å². The van der Waals surface area contributed by atoms with E-state index in [1.54, 1.807) is 18.2 Å². The van der Waals surface area contributed by atoms with Gasteiger partial charge in [-0.3, -0.25) is 4.79 Å². The zero-order chi connectivity index (χ0) is 22.8. The van der Waals surface area contributed by atoms with Gasteiger partial charge in [-0.1, -0.05) is 35.3 Å². The van der Waals surface area contributed by atoms with Crippen molar-refractivity contribution in [3.05, 3.63) is 62.5 Å². The summed E-state index contributed by atoms with van der Waals surface area (Å²) in [4.78, 5) is 12.5. The minimum Gasteiger partial charge on any atom is -0.435 e. The lowest BCUT2D eigenvalue weighted by molar-refractivity contribution is -0.116. The lowest BCUT2D eigenvalue weighted by Gasteiger charge is -2.22. The number of carbonyl (C=O) groups is 1. The number of anilines is 1. The minimum atomic E-state index is -3.93. The number of likely N-dealkylation sites (N-methyl/N-ethyl adjacent to an activating group) is 1. The average molecular weight is 491 g/mol. The lowest BCUT2D eigenvalue weighted by Crippen LogP contribution is -2.36. The highest BCUT2D eigenvalue weighted by Crippen LogP contribution is 2.32. The molecule has 166 valence electrons. The number of carbonyl (C=O) groups excluding carboxylic acids is 1. The van der Waals surface area contributed by atoms with Gasteiger partial charge in [-0.05, 0) is 54.3 Å². The van der Waals surface area contributed by atoms with Crippen LogP contribution in [0.15, 0.2) is 41.3 Å². The second kappa shape index (κ2) is 9.52. The molecule has 0 heterocycles. The van der Waals surface area contributed by atoms with Gasteiger partial charge in [-0.15, -0.1) is 0 Å². The summed E-state index contributed by atoms with van der Waals surface area (Å²) in [6, 6.07) is 9.05. The molecule has 2 aromatic rings. The fourth-order valence-corrected chi connectivity index (χ4v) is 4.92. The van der Waals surface area contributed by atoms with Crippen LogP contribution in [0.3, 0.4) is 0 Å². The molecule has 0 aliphatic heterocycles. The van der Waals surface area contributed by atoms with Crippen molar-refractivity contribution in [3.63, 3.8) is 0 Å². The highest BCUT2D eigenvalue weighted by atomic mass is 35.5. The maximum atomic E-state index is 12.9. The largest absolute Gasteiger partial charge is 0.435 e. The van der Waals surface area contributed by atoms with Gasteiger partial charge in [-0.25, -0.2) is 8.42 Å². The molecule has 1 aliphatic carbocycles. The molecule has 1 N–H and O–H groups in total. The van der Waals surface area contributed by atoms with Crippen molar-refractivity contribution >= 4 is 50.9 Å². The SMILES string of the molecule is CN(CC(=O)Nc1c(Cl)cccc1Cl)S(=O)(=O)C1=Cc2ccc(OC(F)F)cc2CC1. The van der Waals surface area contributed by atoms with Crippen LogP contribution in [0.2, 0.25) is 10.0 Å². The molecular weight excluding hydrogens is 473 g/mol. The van der Waals surface area contributed by atoms with Crippen LogP contribution in [-0.4, -0.2) is 38.8 Å². The molecule has 6 nitrogen and oxygen atoms in total. The number of alkyl halides is 2. The first-order valence-corrected chi connectivity index (χ1v) is 11.3. The average Bonchev–Trinajstić information content (AvgIpc) is 2.70. The van der Waals surface area contributed by atoms with Crippen LogP contribution in [0.5, 0.6) is 5.75 Å². The fraction of sp³-hybridized carbons (Fsp3) is 0.250. The second-order valence-corrected chi connectivity index (χ2v) is 9.67. The number of amides is 1. The molecule has 31 heavy (non-hydrogen) atoms. The summed E-state index contributed by atoms with van der Waals surface area (Å²) in [6.45, 7) is -3.39. The summed E-state index contributed by atoms with van der Waals surface area (Å²) in [7, 11) is -2.63. The highest BCUT2D eigenvalue weighted by Gasteiger charge is 2.28. The van der Waals surface area contributed by atoms with Crippen LogP contribution in [0, 0.1) is 0 Å². The Morgan fingerprint density at radius 1 is 1.19 bits per heavy atom. The predicted octanol–water partition coefficient (Wildman–Crippen LogP) is 4.78. The first-order valence-electron chi connectivity index (χ1n) is 9.06. The van der Waals surface area contributed by atoms with E-state index >= 15 is 0 Å². The van der Waals surface area contributed by atoms with Gasteiger partial charge < -0.3 is 10.1 Å². The van der Waals surface area contributed by atoms with Gasteiger partial charge in [0.25, 0.3) is 0 Å². The maximum Gasteiger partial charge on any atom is 0.387 e. The second-order valence-electron chi connectivity index (χ2n) is 6.76. The molecule has 0 saturated heterocycles. The lowest BCUT2D eigenvalue weighted by atomic mass is 9.97. The van der Waals surface area contributed by atoms with Crippen molar-refractivity contribution < 1.29 is 26.7 Å². The van der Waals surface area contributed by atoms with E-state index in [-0.39, 0.29) is 32.8 Å². The Labute approximate surface area is 188 Å². The van der Waals surface area contributed by atoms with Crippen LogP contribution in [0.25, 0.3) is 6.08 Å². The number of hydrogen-bond donors (Lipinski definition) is 1. The molecule has 1 amide bonds. The zero-order valence-corrected chi connectivity index (χ0v) is 18.6. The number of halogens is 4. The summed E-state index contributed by atoms with van der Waals surface area (Å²) in [6.07, 6.45) is 1.96. The first kappa shape index (κ1) is 23.5. The van der Waals surface area contributed by atoms with E-state index < -0.39 is 29.1 Å². The topological polar surface area (TPSA) is 75.7 Å². The molecule has 0 radical (unpaired) electrons. The Kier molecular flexibility index (Phi) is 7.20. The number of para-hydroxylation sites is 1. The van der Waals surface area contributed by atoms with Crippen LogP contribution in [0.1, 0.15) is 17.5 Å². The van der Waals surface area contributed by atoms with Crippen molar-refractivity contribution in [2.24, 2.45) is 0 Å². The van der Waals surface area contributed by atoms with Crippen LogP contribution >= 0.6 is 23.2 Å². The van der Waals surface area contributed by atoms with E-state index in [2.05, 4.69) is 10.1 Å². The van der Waals surface area contributed by atoms with Gasteiger partial charge in [0.1, 0.15) is 5.75 Å². The van der Waals surface area contributed by atoms with Gasteiger partial charge >= 0.3 is 6.61 Å². The van der Waals surface area contributed by atoms with Gasteiger partial charge in [0.2, 0.25) is 15.9 Å². The van der Waals surface area contributed by atoms with Gasteiger partial charge in [0.15, 0.2) is 0 Å². The monoisotopic (exact) mass is 490 g/mol. The molecule has 3 rings (SSSR count). The minimum absolute atomic E-state index is 0.0143. The summed E-state index contributed by atoms with van der Waals surface area (Å²) in [5.74, 6) is -0.591. The third-order valence-corrected chi connectivity index (χ3v) is 7.20. The number of sulfonamides is 1. The number of benzene rings is 2. The third kappa shape index (κ3) is 5.54. The van der Waals surface area contributed by atoms with E-state index in [1.165, 1.54) is 31.3 Å². The van der Waals surface area contributed by atoms with Crippen LogP contribution < -0.4 is 10.1 Å². The summed E-state index contributed by atoms with van der Waals surface area (Å²) in [5, 5.41) is 2.98. The van der Waals surface area contributed by atoms with E-state index in [4.69, 9.17) is 23.2 Å². The Bertz CT molecular complexity index is 1120. The molecule has 0 atom stereocenters. The summed E-state index contributed by atoms with van der Waals surface area (Å²) >= 11 is 12.0. The fourth-order valence-electron chi connectivity index (χ4n) is 3.11. The number of fused-ring (bicyclic) bond motifs is 1. The van der Waals surface area contributed by atoms with E-state index in [0.717, 1.165) is 4.31 Å². The Morgan fingerprint density at radius 3 is 2.52 bits per heavy atom. The Morgan fingerprint density at radius 2 is 1.87 bits per heavy atom. The number of nitrogens with one attached hydrogen (secondary N) is 1. The smallest absolute Gasteiger partial charge is 0.387 e. The third-order valence-electron chi connectivity index (χ3n) is 4.63. The van der Waals surface area contributed by atoms with Crippen LogP contribution in [-0.2, 0) is 21.2 Å². The van der Waals surface area contributed by atoms with E-state index in [1.807, 2.05) is 0 Å². The number of nitrogens with zero attached hydrogens (tertiary/aromatic N) is 1. The Hall–Kier alpha value is -2.20. The standard InChI is InChI=1S/C20H18Cl2F2N2O4S/c1-26(11-18(27)25-19-16(21)3-2-4-17(19)22)31(28,29)15-8-6-12-9-14(30-20(23)24)7-5-13(12)10-15/h2-5,7,9-10,20H,6,8,11H2,1H3,(H,25,27). The van der Waals surface area contributed by atoms with Gasteiger partial charge in [0.05, 0.1) is 27.2 Å². The molecule has 0 fully saturated rings. The number of allylic oxidation sites excluding steroid dienone is 1. The molecule has 0 bridgehead atoms. The Balaban J connectivity index is 1.73. The maximum absolute atomic E-state index is 12.9. The molecule has 0 spiro atoms. The van der Waals surface area contributed by atoms with Gasteiger partial charge in [0, 0.05) is 7.05 Å². The number of aryl methyl sites for hydroxylation is 1. The highest BCUT2D eigenvalue weighted by molar-refractivity contribution is 7.93. The first-order chi connectivity index (χ1) is 14.6. The molecule has 0 saturated carbocycles. The molecular formula is C20H18Cl2F2N2O4S. The molecule has 0 aromatic heterocycles. The van der Waals surface area contributed by atoms with E-state index in [9.17, 15) is 22.0 Å². The molecule has 0 unspecified atom stereocenters. The van der Waals surface area contributed by atoms with Crippen molar-refractivity contribution in [1.29, 1.82) is 0 Å². The summed E-state index contributed by atoms with van der Waals surface area (Å²) < 4.78 is 55.9. The normalized spacial score (nSPS) is 13.7. The predicted molar refractivity (Wildman–Crippen MR) is 116 cm³/mol. The number of rotatable bonds is 7. The molecule has 2 aromatic carbocycles. The molecule has 11 heteroatoms. The number of ether oxygens (including phenoxy) is 1. The van der Waals surface area contributed by atoms with E-state index in [0.29, 0.717) is 17.5 Å². The number of hydrogen-bond acceptors (Lipinski definition) is 4. The van der Waals surface area contributed by atoms with Crippen molar-refractivity contribution in [2.75, 3.05) is 18.9 Å². The van der Waals surface area contributed by atoms with Crippen molar-refractivity contribution in [2.45, 2.75) is 19.5 Å². The van der Waals surface area contributed by atoms with Crippen molar-refractivity contribution in [3.8, 4) is 5.75 Å². The quantitative estimate of drug-likeness (QED) is 0.605. The summed E-state index contributed by atoms with van der Waals surface area (Å²) in [5.41, 5.74) is 1.49. The van der Waals surface area contributed by atoms with Gasteiger partial charge in [-0.2, -0.15) is 13.1 Å².